The molecule has 0 spiro atoms. The number of benzene rings is 1. The largest absolute Gasteiger partial charge is 0.496 e. The minimum Gasteiger partial charge on any atom is -0.496 e. The Morgan fingerprint density at radius 3 is 2.53 bits per heavy atom. The number of carbonyl (C=O) groups excluding carboxylic acids is 1. The predicted octanol–water partition coefficient (Wildman–Crippen LogP) is 0.270. The topological polar surface area (TPSA) is 87.7 Å². The van der Waals surface area contributed by atoms with Crippen LogP contribution in [0.5, 0.6) is 5.75 Å². The maximum atomic E-state index is 11.7. The molecule has 6 heteroatoms. The van der Waals surface area contributed by atoms with Crippen molar-refractivity contribution in [2.24, 2.45) is 0 Å². The van der Waals surface area contributed by atoms with Crippen molar-refractivity contribution in [2.45, 2.75) is 12.5 Å². The summed E-state index contributed by atoms with van der Waals surface area (Å²) in [5.74, 6) is -0.741. The molecule has 1 aromatic carbocycles. The SMILES string of the molecule is CNC(=O)c1cc(C[C@H](NC)C(=O)O)ccc1OC. The van der Waals surface area contributed by atoms with E-state index in [1.807, 2.05) is 0 Å². The van der Waals surface area contributed by atoms with Crippen molar-refractivity contribution >= 4 is 11.9 Å². The van der Waals surface area contributed by atoms with Crippen molar-refractivity contribution in [3.05, 3.63) is 29.3 Å². The summed E-state index contributed by atoms with van der Waals surface area (Å²) in [4.78, 5) is 22.7. The van der Waals surface area contributed by atoms with Gasteiger partial charge in [-0.15, -0.1) is 0 Å². The van der Waals surface area contributed by atoms with Crippen LogP contribution in [-0.2, 0) is 11.2 Å². The number of carbonyl (C=O) groups is 2. The zero-order chi connectivity index (χ0) is 14.4. The monoisotopic (exact) mass is 266 g/mol. The highest BCUT2D eigenvalue weighted by molar-refractivity contribution is 5.97. The van der Waals surface area contributed by atoms with Gasteiger partial charge in [0, 0.05) is 7.05 Å². The molecule has 0 aliphatic rings. The summed E-state index contributed by atoms with van der Waals surface area (Å²) in [6, 6.07) is 4.36. The molecule has 0 aliphatic heterocycles. The van der Waals surface area contributed by atoms with Crippen LogP contribution in [-0.4, -0.2) is 44.2 Å². The van der Waals surface area contributed by atoms with Crippen LogP contribution in [0.4, 0.5) is 0 Å². The summed E-state index contributed by atoms with van der Waals surface area (Å²) in [5.41, 5.74) is 1.14. The Kier molecular flexibility index (Phi) is 5.32. The Bertz CT molecular complexity index is 474. The summed E-state index contributed by atoms with van der Waals surface area (Å²) in [7, 11) is 4.60. The summed E-state index contributed by atoms with van der Waals surface area (Å²) >= 11 is 0. The molecular formula is C13H18N2O4. The number of carboxylic acids is 1. The van der Waals surface area contributed by atoms with Crippen molar-refractivity contribution in [1.29, 1.82) is 0 Å². The summed E-state index contributed by atoms with van der Waals surface area (Å²) in [6.45, 7) is 0. The van der Waals surface area contributed by atoms with Crippen LogP contribution in [0.1, 0.15) is 15.9 Å². The molecule has 19 heavy (non-hydrogen) atoms. The number of aliphatic carboxylic acids is 1. The fourth-order valence-electron chi connectivity index (χ4n) is 1.74. The number of hydrogen-bond donors (Lipinski definition) is 3. The average Bonchev–Trinajstić information content (AvgIpc) is 2.43. The molecule has 6 nitrogen and oxygen atoms in total. The molecule has 0 saturated heterocycles. The Hall–Kier alpha value is -2.08. The Balaban J connectivity index is 3.04. The molecule has 1 rings (SSSR count). The minimum atomic E-state index is -0.931. The standard InChI is InChI=1S/C13H18N2O4/c1-14-10(13(17)18)7-8-4-5-11(19-3)9(6-8)12(16)15-2/h4-6,10,14H,7H2,1-3H3,(H,15,16)(H,17,18)/t10-/m0/s1. The van der Waals surface area contributed by atoms with Gasteiger partial charge in [0.1, 0.15) is 11.8 Å². The Labute approximate surface area is 111 Å². The lowest BCUT2D eigenvalue weighted by Gasteiger charge is -2.13. The van der Waals surface area contributed by atoms with Gasteiger partial charge in [-0.3, -0.25) is 9.59 Å². The zero-order valence-electron chi connectivity index (χ0n) is 11.2. The molecule has 0 bridgehead atoms. The lowest BCUT2D eigenvalue weighted by molar-refractivity contribution is -0.139. The first-order valence-corrected chi connectivity index (χ1v) is 5.82. The molecule has 0 unspecified atom stereocenters. The van der Waals surface area contributed by atoms with E-state index in [0.717, 1.165) is 5.56 Å². The van der Waals surface area contributed by atoms with Gasteiger partial charge >= 0.3 is 5.97 Å². The van der Waals surface area contributed by atoms with Crippen LogP contribution < -0.4 is 15.4 Å². The zero-order valence-corrected chi connectivity index (χ0v) is 11.2. The van der Waals surface area contributed by atoms with Crippen LogP contribution in [0.25, 0.3) is 0 Å². The molecule has 0 aliphatic carbocycles. The number of nitrogens with one attached hydrogen (secondary N) is 2. The molecule has 0 heterocycles. The molecule has 0 fully saturated rings. The highest BCUT2D eigenvalue weighted by Gasteiger charge is 2.17. The van der Waals surface area contributed by atoms with E-state index in [0.29, 0.717) is 17.7 Å². The number of carboxylic acid groups (broad SMARTS) is 1. The molecule has 1 atom stereocenters. The number of hydrogen-bond acceptors (Lipinski definition) is 4. The Morgan fingerprint density at radius 2 is 2.05 bits per heavy atom. The second kappa shape index (κ2) is 6.75. The minimum absolute atomic E-state index is 0.268. The lowest BCUT2D eigenvalue weighted by Crippen LogP contribution is -2.35. The van der Waals surface area contributed by atoms with E-state index in [4.69, 9.17) is 9.84 Å². The number of likely N-dealkylation sites (N-methyl/N-ethyl adjacent to an activating group) is 1. The van der Waals surface area contributed by atoms with Gasteiger partial charge < -0.3 is 20.5 Å². The van der Waals surface area contributed by atoms with E-state index in [-0.39, 0.29) is 5.91 Å². The number of ether oxygens (including phenoxy) is 1. The van der Waals surface area contributed by atoms with E-state index in [2.05, 4.69) is 10.6 Å². The van der Waals surface area contributed by atoms with Crippen LogP contribution in [0.15, 0.2) is 18.2 Å². The smallest absolute Gasteiger partial charge is 0.321 e. The van der Waals surface area contributed by atoms with Gasteiger partial charge in [0.25, 0.3) is 5.91 Å². The van der Waals surface area contributed by atoms with Crippen molar-refractivity contribution in [1.82, 2.24) is 10.6 Å². The van der Waals surface area contributed by atoms with E-state index in [9.17, 15) is 9.59 Å². The third kappa shape index (κ3) is 3.69. The van der Waals surface area contributed by atoms with E-state index < -0.39 is 12.0 Å². The van der Waals surface area contributed by atoms with Crippen molar-refractivity contribution < 1.29 is 19.4 Å². The molecule has 104 valence electrons. The van der Waals surface area contributed by atoms with Crippen molar-refractivity contribution in [3.8, 4) is 5.75 Å². The van der Waals surface area contributed by atoms with Gasteiger partial charge in [0.15, 0.2) is 0 Å². The van der Waals surface area contributed by atoms with Crippen LogP contribution in [0.2, 0.25) is 0 Å². The second-order valence-electron chi connectivity index (χ2n) is 4.00. The third-order valence-electron chi connectivity index (χ3n) is 2.82. The van der Waals surface area contributed by atoms with Gasteiger partial charge in [-0.2, -0.15) is 0 Å². The van der Waals surface area contributed by atoms with Gasteiger partial charge in [0.05, 0.1) is 12.7 Å². The summed E-state index contributed by atoms with van der Waals surface area (Å²) in [5, 5.41) is 14.2. The first kappa shape index (κ1) is 15.0. The molecule has 0 radical (unpaired) electrons. The quantitative estimate of drug-likeness (QED) is 0.688. The molecule has 0 aromatic heterocycles. The summed E-state index contributed by atoms with van der Waals surface area (Å²) < 4.78 is 5.11. The number of methoxy groups -OCH3 is 1. The fourth-order valence-corrected chi connectivity index (χ4v) is 1.74. The maximum absolute atomic E-state index is 11.7. The maximum Gasteiger partial charge on any atom is 0.321 e. The molecule has 0 saturated carbocycles. The first-order valence-electron chi connectivity index (χ1n) is 5.82. The van der Waals surface area contributed by atoms with Crippen LogP contribution >= 0.6 is 0 Å². The van der Waals surface area contributed by atoms with Crippen molar-refractivity contribution in [2.75, 3.05) is 21.2 Å². The van der Waals surface area contributed by atoms with Crippen molar-refractivity contribution in [3.63, 3.8) is 0 Å². The Morgan fingerprint density at radius 1 is 1.37 bits per heavy atom. The first-order chi connectivity index (χ1) is 9.03. The van der Waals surface area contributed by atoms with E-state index in [1.165, 1.54) is 14.2 Å². The molecule has 1 amide bonds. The molecule has 3 N–H and O–H groups in total. The van der Waals surface area contributed by atoms with Crippen LogP contribution in [0, 0.1) is 0 Å². The fraction of sp³-hybridized carbons (Fsp3) is 0.385. The van der Waals surface area contributed by atoms with Gasteiger partial charge in [-0.05, 0) is 31.2 Å². The lowest BCUT2D eigenvalue weighted by atomic mass is 10.0. The highest BCUT2D eigenvalue weighted by atomic mass is 16.5. The number of rotatable bonds is 6. The molecule has 1 aromatic rings. The highest BCUT2D eigenvalue weighted by Crippen LogP contribution is 2.20. The predicted molar refractivity (Wildman–Crippen MR) is 70.6 cm³/mol. The van der Waals surface area contributed by atoms with E-state index >= 15 is 0 Å². The van der Waals surface area contributed by atoms with Gasteiger partial charge in [0.2, 0.25) is 0 Å². The van der Waals surface area contributed by atoms with Gasteiger partial charge in [-0.1, -0.05) is 6.07 Å². The summed E-state index contributed by atoms with van der Waals surface area (Å²) in [6.07, 6.45) is 0.291. The second-order valence-corrected chi connectivity index (χ2v) is 4.00. The molecular weight excluding hydrogens is 248 g/mol. The van der Waals surface area contributed by atoms with E-state index in [1.54, 1.807) is 25.2 Å². The van der Waals surface area contributed by atoms with Gasteiger partial charge in [-0.25, -0.2) is 0 Å². The van der Waals surface area contributed by atoms with Crippen LogP contribution in [0.3, 0.4) is 0 Å². The normalized spacial score (nSPS) is 11.7. The third-order valence-corrected chi connectivity index (χ3v) is 2.82. The number of amides is 1. The average molecular weight is 266 g/mol.